The molecule has 27 heavy (non-hydrogen) atoms. The molecule has 2 N–H and O–H groups in total. The Hall–Kier alpha value is -2.64. The lowest BCUT2D eigenvalue weighted by molar-refractivity contribution is 0.0677. The van der Waals surface area contributed by atoms with Gasteiger partial charge in [0.2, 0.25) is 0 Å². The fourth-order valence-corrected chi connectivity index (χ4v) is 3.75. The van der Waals surface area contributed by atoms with Crippen LogP contribution in [0.4, 0.5) is 0 Å². The molecule has 0 radical (unpaired) electrons. The molecule has 0 saturated carbocycles. The van der Waals surface area contributed by atoms with Gasteiger partial charge in [0.25, 0.3) is 5.91 Å². The Balaban J connectivity index is 1.88. The van der Waals surface area contributed by atoms with Crippen LogP contribution < -0.4 is 0 Å². The number of aromatic nitrogens is 2. The summed E-state index contributed by atoms with van der Waals surface area (Å²) in [6.45, 7) is 0.890. The number of amides is 1. The maximum Gasteiger partial charge on any atom is 0.273 e. The molecule has 0 bridgehead atoms. The lowest BCUT2D eigenvalue weighted by atomic mass is 9.96. The molecule has 1 aromatic heterocycles. The zero-order valence-electron chi connectivity index (χ0n) is 14.6. The largest absolute Gasteiger partial charge is 0.507 e. The zero-order valence-corrected chi connectivity index (χ0v) is 16.2. The van der Waals surface area contributed by atoms with Crippen LogP contribution in [-0.2, 0) is 4.74 Å². The number of benzene rings is 2. The Morgan fingerprint density at radius 1 is 1.22 bits per heavy atom. The molecule has 1 aliphatic rings. The number of hydrogen-bond acceptors (Lipinski definition) is 4. The number of aromatic amines is 1. The van der Waals surface area contributed by atoms with E-state index in [1.807, 2.05) is 30.3 Å². The van der Waals surface area contributed by atoms with E-state index in [0.717, 1.165) is 15.6 Å². The molecule has 0 spiro atoms. The van der Waals surface area contributed by atoms with E-state index in [4.69, 9.17) is 4.74 Å². The number of halogens is 1. The molecule has 2 aromatic carbocycles. The van der Waals surface area contributed by atoms with E-state index < -0.39 is 0 Å². The van der Waals surface area contributed by atoms with Crippen molar-refractivity contribution in [1.29, 1.82) is 0 Å². The van der Waals surface area contributed by atoms with Crippen molar-refractivity contribution in [3.8, 4) is 17.0 Å². The molecule has 0 unspecified atom stereocenters. The average molecular weight is 428 g/mol. The minimum atomic E-state index is -0.302. The van der Waals surface area contributed by atoms with Crippen molar-refractivity contribution in [2.45, 2.75) is 6.04 Å². The quantitative estimate of drug-likeness (QED) is 0.649. The van der Waals surface area contributed by atoms with Crippen molar-refractivity contribution in [2.24, 2.45) is 0 Å². The smallest absolute Gasteiger partial charge is 0.273 e. The number of nitrogens with zero attached hydrogens (tertiary/aromatic N) is 2. The van der Waals surface area contributed by atoms with Gasteiger partial charge in [-0.3, -0.25) is 9.89 Å². The number of phenols is 1. The maximum atomic E-state index is 13.0. The summed E-state index contributed by atoms with van der Waals surface area (Å²) in [5.41, 5.74) is 3.39. The third kappa shape index (κ3) is 3.02. The molecule has 7 heteroatoms. The van der Waals surface area contributed by atoms with Gasteiger partial charge in [0.1, 0.15) is 17.1 Å². The standard InChI is InChI=1S/C20H18BrN3O3/c1-27-11-10-24-19(12-6-8-13(21)9-7-12)16-17(22-23-18(16)20(24)26)14-4-2-3-5-15(14)25/h2-9,19,25H,10-11H2,1H3,(H,22,23)/t19-/m1/s1. The highest BCUT2D eigenvalue weighted by Gasteiger charge is 2.42. The number of phenolic OH excluding ortho intramolecular Hbond substituents is 1. The van der Waals surface area contributed by atoms with Crippen LogP contribution in [-0.4, -0.2) is 46.4 Å². The van der Waals surface area contributed by atoms with Gasteiger partial charge < -0.3 is 14.7 Å². The molecular formula is C20H18BrN3O3. The van der Waals surface area contributed by atoms with Crippen LogP contribution in [0.2, 0.25) is 0 Å². The van der Waals surface area contributed by atoms with Crippen molar-refractivity contribution >= 4 is 21.8 Å². The van der Waals surface area contributed by atoms with Crippen LogP contribution >= 0.6 is 15.9 Å². The normalized spacial score (nSPS) is 16.0. The van der Waals surface area contributed by atoms with Crippen LogP contribution in [0.25, 0.3) is 11.3 Å². The number of hydrogen-bond donors (Lipinski definition) is 2. The molecular weight excluding hydrogens is 410 g/mol. The highest BCUT2D eigenvalue weighted by molar-refractivity contribution is 9.10. The monoisotopic (exact) mass is 427 g/mol. The first-order chi connectivity index (χ1) is 13.1. The summed E-state index contributed by atoms with van der Waals surface area (Å²) in [7, 11) is 1.61. The van der Waals surface area contributed by atoms with E-state index in [2.05, 4.69) is 26.1 Å². The predicted molar refractivity (Wildman–Crippen MR) is 105 cm³/mol. The number of aromatic hydroxyl groups is 1. The number of carbonyl (C=O) groups excluding carboxylic acids is 1. The molecule has 4 rings (SSSR count). The Labute approximate surface area is 164 Å². The van der Waals surface area contributed by atoms with Gasteiger partial charge in [-0.2, -0.15) is 5.10 Å². The lowest BCUT2D eigenvalue weighted by Gasteiger charge is -2.26. The number of fused-ring (bicyclic) bond motifs is 1. The third-order valence-electron chi connectivity index (χ3n) is 4.75. The van der Waals surface area contributed by atoms with E-state index in [9.17, 15) is 9.90 Å². The molecule has 1 aliphatic heterocycles. The number of H-pyrrole nitrogens is 1. The summed E-state index contributed by atoms with van der Waals surface area (Å²) in [4.78, 5) is 14.8. The van der Waals surface area contributed by atoms with Crippen LogP contribution in [0.3, 0.4) is 0 Å². The summed E-state index contributed by atoms with van der Waals surface area (Å²) in [5.74, 6) is 0.00767. The average Bonchev–Trinajstić information content (AvgIpc) is 3.21. The highest BCUT2D eigenvalue weighted by Crippen LogP contribution is 2.44. The number of carbonyl (C=O) groups is 1. The van der Waals surface area contributed by atoms with Gasteiger partial charge in [-0.05, 0) is 29.8 Å². The molecule has 1 atom stereocenters. The number of methoxy groups -OCH3 is 1. The Bertz CT molecular complexity index is 984. The van der Waals surface area contributed by atoms with E-state index in [0.29, 0.717) is 30.1 Å². The number of rotatable bonds is 5. The topological polar surface area (TPSA) is 78.5 Å². The van der Waals surface area contributed by atoms with Gasteiger partial charge in [-0.25, -0.2) is 0 Å². The first-order valence-electron chi connectivity index (χ1n) is 8.53. The number of nitrogens with one attached hydrogen (secondary N) is 1. The maximum absolute atomic E-state index is 13.0. The van der Waals surface area contributed by atoms with E-state index in [1.165, 1.54) is 0 Å². The Kier molecular flexibility index (Phi) is 4.72. The second kappa shape index (κ2) is 7.17. The minimum absolute atomic E-state index is 0.121. The molecule has 0 aliphatic carbocycles. The second-order valence-electron chi connectivity index (χ2n) is 6.32. The van der Waals surface area contributed by atoms with Crippen molar-refractivity contribution in [1.82, 2.24) is 15.1 Å². The summed E-state index contributed by atoms with van der Waals surface area (Å²) in [6.07, 6.45) is 0. The molecule has 6 nitrogen and oxygen atoms in total. The van der Waals surface area contributed by atoms with Crippen molar-refractivity contribution in [2.75, 3.05) is 20.3 Å². The van der Waals surface area contributed by atoms with Gasteiger partial charge in [0, 0.05) is 29.3 Å². The van der Waals surface area contributed by atoms with E-state index in [-0.39, 0.29) is 17.7 Å². The van der Waals surface area contributed by atoms with Gasteiger partial charge in [0.15, 0.2) is 0 Å². The predicted octanol–water partition coefficient (Wildman–Crippen LogP) is 3.74. The highest BCUT2D eigenvalue weighted by atomic mass is 79.9. The molecule has 138 valence electrons. The van der Waals surface area contributed by atoms with E-state index in [1.54, 1.807) is 30.2 Å². The fraction of sp³-hybridized carbons (Fsp3) is 0.200. The van der Waals surface area contributed by atoms with E-state index >= 15 is 0 Å². The zero-order chi connectivity index (χ0) is 19.0. The van der Waals surface area contributed by atoms with Crippen LogP contribution in [0, 0.1) is 0 Å². The number of para-hydroxylation sites is 1. The van der Waals surface area contributed by atoms with Crippen LogP contribution in [0.1, 0.15) is 27.7 Å². The summed E-state index contributed by atoms with van der Waals surface area (Å²) >= 11 is 3.46. The summed E-state index contributed by atoms with van der Waals surface area (Å²) < 4.78 is 6.16. The van der Waals surface area contributed by atoms with Crippen LogP contribution in [0.5, 0.6) is 5.75 Å². The molecule has 3 aromatic rings. The third-order valence-corrected chi connectivity index (χ3v) is 5.27. The van der Waals surface area contributed by atoms with Gasteiger partial charge in [-0.15, -0.1) is 0 Å². The van der Waals surface area contributed by atoms with Crippen molar-refractivity contribution in [3.05, 3.63) is 69.8 Å². The van der Waals surface area contributed by atoms with Gasteiger partial charge in [0.05, 0.1) is 12.6 Å². The fourth-order valence-electron chi connectivity index (χ4n) is 3.49. The Morgan fingerprint density at radius 2 is 1.96 bits per heavy atom. The molecule has 1 amide bonds. The number of ether oxygens (including phenoxy) is 1. The van der Waals surface area contributed by atoms with Gasteiger partial charge >= 0.3 is 0 Å². The first-order valence-corrected chi connectivity index (χ1v) is 9.33. The Morgan fingerprint density at radius 3 is 2.67 bits per heavy atom. The minimum Gasteiger partial charge on any atom is -0.507 e. The second-order valence-corrected chi connectivity index (χ2v) is 7.24. The van der Waals surface area contributed by atoms with Crippen LogP contribution in [0.15, 0.2) is 53.0 Å². The van der Waals surface area contributed by atoms with Gasteiger partial charge in [-0.1, -0.05) is 40.2 Å². The molecule has 0 saturated heterocycles. The van der Waals surface area contributed by atoms with Crippen molar-refractivity contribution in [3.63, 3.8) is 0 Å². The SMILES string of the molecule is COCCN1C(=O)c2[nH]nc(-c3ccccc3O)c2[C@H]1c1ccc(Br)cc1. The summed E-state index contributed by atoms with van der Waals surface area (Å²) in [6, 6.07) is 14.6. The van der Waals surface area contributed by atoms with Crippen molar-refractivity contribution < 1.29 is 14.6 Å². The molecule has 0 fully saturated rings. The lowest BCUT2D eigenvalue weighted by Crippen LogP contribution is -2.32. The first kappa shape index (κ1) is 17.8. The molecule has 2 heterocycles. The summed E-state index contributed by atoms with van der Waals surface area (Å²) in [5, 5.41) is 17.5.